The molecule has 0 N–H and O–H groups in total. The van der Waals surface area contributed by atoms with Gasteiger partial charge in [0, 0.05) is 29.7 Å². The van der Waals surface area contributed by atoms with Crippen LogP contribution < -0.4 is 19.8 Å². The van der Waals surface area contributed by atoms with Gasteiger partial charge in [0.1, 0.15) is 5.66 Å². The lowest BCUT2D eigenvalue weighted by Gasteiger charge is -2.49. The average Bonchev–Trinajstić information content (AvgIpc) is 3.62. The number of carbonyl (C=O) groups excluding carboxylic acids is 1. The Kier molecular flexibility index (Phi) is 7.55. The number of aryl methyl sites for hydroxylation is 1. The van der Waals surface area contributed by atoms with Crippen molar-refractivity contribution in [3.05, 3.63) is 160 Å². The number of nitro groups is 1. The number of non-ortho nitro benzene ring substituents is 1. The highest BCUT2D eigenvalue weighted by Crippen LogP contribution is 2.57. The second kappa shape index (κ2) is 12.1. The smallest absolute Gasteiger partial charge is 0.376 e. The third-order valence-electron chi connectivity index (χ3n) is 9.73. The number of ether oxygens (including phenoxy) is 1. The van der Waals surface area contributed by atoms with Gasteiger partial charge in [0.05, 0.1) is 34.3 Å². The summed E-state index contributed by atoms with van der Waals surface area (Å²) in [5, 5.41) is 26.0. The van der Waals surface area contributed by atoms with Gasteiger partial charge in [0.15, 0.2) is 11.5 Å². The first-order chi connectivity index (χ1) is 24.8. The Hall–Kier alpha value is -6.49. The van der Waals surface area contributed by atoms with Crippen LogP contribution in [0, 0.1) is 17.0 Å². The Morgan fingerprint density at radius 1 is 0.765 bits per heavy atom. The molecule has 254 valence electrons. The van der Waals surface area contributed by atoms with Crippen molar-refractivity contribution in [2.75, 3.05) is 26.4 Å². The van der Waals surface area contributed by atoms with Gasteiger partial charge in [0.2, 0.25) is 5.84 Å². The van der Waals surface area contributed by atoms with Crippen molar-refractivity contribution in [2.24, 2.45) is 10.2 Å². The van der Waals surface area contributed by atoms with Crippen molar-refractivity contribution in [1.29, 1.82) is 0 Å². The van der Waals surface area contributed by atoms with Crippen LogP contribution in [0.5, 0.6) is 0 Å². The topological polar surface area (TPSA) is 107 Å². The van der Waals surface area contributed by atoms with Crippen molar-refractivity contribution >= 4 is 46.1 Å². The maximum absolute atomic E-state index is 13.9. The Morgan fingerprint density at radius 2 is 1.35 bits per heavy atom. The summed E-state index contributed by atoms with van der Waals surface area (Å²) in [6.45, 7) is 6.03. The van der Waals surface area contributed by atoms with E-state index < -0.39 is 22.2 Å². The molecule has 2 unspecified atom stereocenters. The van der Waals surface area contributed by atoms with Crippen molar-refractivity contribution in [2.45, 2.75) is 38.5 Å². The van der Waals surface area contributed by atoms with Gasteiger partial charge in [-0.05, 0) is 57.2 Å². The molecule has 0 fully saturated rings. The zero-order valence-corrected chi connectivity index (χ0v) is 28.4. The van der Waals surface area contributed by atoms with Gasteiger partial charge in [-0.3, -0.25) is 19.9 Å². The Bertz CT molecular complexity index is 2190. The number of anilines is 4. The first kappa shape index (κ1) is 31.8. The van der Waals surface area contributed by atoms with Crippen LogP contribution in [0.15, 0.2) is 144 Å². The number of nitrogens with zero attached hydrogens (tertiary/aromatic N) is 7. The van der Waals surface area contributed by atoms with Crippen molar-refractivity contribution < 1.29 is 14.5 Å². The molecule has 11 heteroatoms. The van der Waals surface area contributed by atoms with Gasteiger partial charge < -0.3 is 4.74 Å². The first-order valence-corrected chi connectivity index (χ1v) is 16.8. The highest BCUT2D eigenvalue weighted by Gasteiger charge is 2.63. The molecule has 3 aliphatic rings. The summed E-state index contributed by atoms with van der Waals surface area (Å²) < 4.78 is 5.63. The minimum Gasteiger partial charge on any atom is -0.460 e. The summed E-state index contributed by atoms with van der Waals surface area (Å²) in [5.74, 6) is 0.261. The maximum Gasteiger partial charge on any atom is 0.376 e. The van der Waals surface area contributed by atoms with Crippen LogP contribution in [0.3, 0.4) is 0 Å². The number of fused-ring (bicyclic) bond motifs is 5. The SMILES string of the molecule is CCOC(=O)C1=NN(c2ccc([N+](=O)[O-])cc2)C2(C)CC3(c4ccccc4)N(c4ccccc4)N=C(c4ccc(C)cc4)N3c3ccccc3N12. The van der Waals surface area contributed by atoms with E-state index in [0.29, 0.717) is 12.1 Å². The monoisotopic (exact) mass is 677 g/mol. The van der Waals surface area contributed by atoms with Crippen LogP contribution in [-0.4, -0.2) is 34.8 Å². The number of hydrogen-bond acceptors (Lipinski definition) is 10. The summed E-state index contributed by atoms with van der Waals surface area (Å²) >= 11 is 0. The van der Waals surface area contributed by atoms with Crippen molar-refractivity contribution in [1.82, 2.24) is 0 Å². The van der Waals surface area contributed by atoms with Gasteiger partial charge >= 0.3 is 5.97 Å². The molecular weight excluding hydrogens is 642 g/mol. The van der Waals surface area contributed by atoms with Crippen LogP contribution in [0.4, 0.5) is 28.4 Å². The van der Waals surface area contributed by atoms with E-state index in [4.69, 9.17) is 14.9 Å². The summed E-state index contributed by atoms with van der Waals surface area (Å²) in [5.41, 5.74) is 3.83. The predicted octanol–water partition coefficient (Wildman–Crippen LogP) is 7.77. The number of amidine groups is 2. The van der Waals surface area contributed by atoms with Crippen LogP contribution in [0.1, 0.15) is 37.0 Å². The molecular formula is C40H35N7O4. The number of esters is 1. The van der Waals surface area contributed by atoms with E-state index >= 15 is 0 Å². The number of hydrogen-bond donors (Lipinski definition) is 0. The number of benzene rings is 5. The molecule has 51 heavy (non-hydrogen) atoms. The second-order valence-electron chi connectivity index (χ2n) is 12.9. The number of hydrazone groups is 2. The summed E-state index contributed by atoms with van der Waals surface area (Å²) in [6, 6.07) is 42.9. The Balaban J connectivity index is 1.46. The highest BCUT2D eigenvalue weighted by molar-refractivity contribution is 6.43. The first-order valence-electron chi connectivity index (χ1n) is 16.8. The van der Waals surface area contributed by atoms with Crippen LogP contribution in [-0.2, 0) is 15.2 Å². The Morgan fingerprint density at radius 3 is 1.98 bits per heavy atom. The molecule has 11 nitrogen and oxygen atoms in total. The fraction of sp³-hybridized carbons (Fsp3) is 0.175. The van der Waals surface area contributed by atoms with Crippen LogP contribution in [0.2, 0.25) is 0 Å². The van der Waals surface area contributed by atoms with Crippen LogP contribution >= 0.6 is 0 Å². The molecule has 3 heterocycles. The van der Waals surface area contributed by atoms with E-state index in [1.54, 1.807) is 24.1 Å². The normalized spacial score (nSPS) is 20.5. The minimum absolute atomic E-state index is 0.0464. The lowest BCUT2D eigenvalue weighted by atomic mass is 9.85. The molecule has 0 amide bonds. The average molecular weight is 678 g/mol. The number of carbonyl (C=O) groups is 1. The molecule has 3 aliphatic heterocycles. The van der Waals surface area contributed by atoms with E-state index in [-0.39, 0.29) is 18.1 Å². The lowest BCUT2D eigenvalue weighted by molar-refractivity contribution is -0.384. The minimum atomic E-state index is -1.09. The largest absolute Gasteiger partial charge is 0.460 e. The predicted molar refractivity (Wildman–Crippen MR) is 199 cm³/mol. The molecule has 0 saturated carbocycles. The van der Waals surface area contributed by atoms with Crippen molar-refractivity contribution in [3.63, 3.8) is 0 Å². The Labute approximate surface area is 295 Å². The molecule has 5 aromatic carbocycles. The van der Waals surface area contributed by atoms with Gasteiger partial charge in [-0.2, -0.15) is 5.10 Å². The van der Waals surface area contributed by atoms with Gasteiger partial charge in [0.25, 0.3) is 5.69 Å². The lowest BCUT2D eigenvalue weighted by Crippen LogP contribution is -2.62. The molecule has 0 saturated heterocycles. The summed E-state index contributed by atoms with van der Waals surface area (Å²) in [6.07, 6.45) is 0.315. The van der Waals surface area contributed by atoms with E-state index in [0.717, 1.165) is 39.6 Å². The molecule has 0 bridgehead atoms. The molecule has 0 spiro atoms. The third-order valence-corrected chi connectivity index (χ3v) is 9.73. The fourth-order valence-electron chi connectivity index (χ4n) is 7.53. The highest BCUT2D eigenvalue weighted by atomic mass is 16.6. The number of nitro benzene ring substituents is 1. The van der Waals surface area contributed by atoms with E-state index in [2.05, 4.69) is 53.2 Å². The molecule has 5 aromatic rings. The zero-order chi connectivity index (χ0) is 35.3. The van der Waals surface area contributed by atoms with E-state index in [1.165, 1.54) is 12.1 Å². The third kappa shape index (κ3) is 4.91. The summed E-state index contributed by atoms with van der Waals surface area (Å²) in [7, 11) is 0. The van der Waals surface area contributed by atoms with E-state index in [1.807, 2.05) is 84.6 Å². The quantitative estimate of drug-likeness (QED) is 0.0978. The summed E-state index contributed by atoms with van der Waals surface area (Å²) in [4.78, 5) is 29.4. The van der Waals surface area contributed by atoms with Crippen molar-refractivity contribution in [3.8, 4) is 0 Å². The fourth-order valence-corrected chi connectivity index (χ4v) is 7.53. The van der Waals surface area contributed by atoms with E-state index in [9.17, 15) is 14.9 Å². The molecule has 0 radical (unpaired) electrons. The molecule has 0 aromatic heterocycles. The van der Waals surface area contributed by atoms with Crippen LogP contribution in [0.25, 0.3) is 0 Å². The zero-order valence-electron chi connectivity index (χ0n) is 28.4. The van der Waals surface area contributed by atoms with Gasteiger partial charge in [-0.15, -0.1) is 5.10 Å². The molecule has 0 aliphatic carbocycles. The molecule has 8 rings (SSSR count). The van der Waals surface area contributed by atoms with Gasteiger partial charge in [-0.25, -0.2) is 14.8 Å². The number of rotatable bonds is 7. The van der Waals surface area contributed by atoms with Gasteiger partial charge in [-0.1, -0.05) is 90.5 Å². The second-order valence-corrected chi connectivity index (χ2v) is 12.9. The maximum atomic E-state index is 13.9. The molecule has 2 atom stereocenters. The standard InChI is InChI=1S/C40H35N7O4/c1-4-51-38(48)37-42-45(32-23-25-33(26-24-32)47(49)50)39(3)27-40(30-13-7-5-8-14-30)44(35-18-12-11-17-34(35)43(37)39)36(29-21-19-28(2)20-22-29)41-46(40)31-15-9-6-10-16-31/h5-26H,4,27H2,1-3H3. The number of para-hydroxylation sites is 3.